The van der Waals surface area contributed by atoms with Gasteiger partial charge in [-0.15, -0.1) is 0 Å². The number of aliphatic imine (C=N–C) groups is 1. The summed E-state index contributed by atoms with van der Waals surface area (Å²) < 4.78 is 11.0. The minimum atomic E-state index is -0.0552. The smallest absolute Gasteiger partial charge is 0.251 e. The van der Waals surface area contributed by atoms with Crippen LogP contribution in [0.15, 0.2) is 29.3 Å². The van der Waals surface area contributed by atoms with E-state index in [1.54, 1.807) is 7.11 Å². The van der Waals surface area contributed by atoms with Gasteiger partial charge in [0, 0.05) is 52.1 Å². The molecule has 0 unspecified atom stereocenters. The van der Waals surface area contributed by atoms with E-state index in [0.717, 1.165) is 63.6 Å². The number of hydrogen-bond acceptors (Lipinski definition) is 4. The molecule has 0 atom stereocenters. The fraction of sp³-hybridized carbons (Fsp3) is 0.636. The van der Waals surface area contributed by atoms with Gasteiger partial charge in [-0.25, -0.2) is 0 Å². The van der Waals surface area contributed by atoms with Gasteiger partial charge < -0.3 is 25.0 Å². The summed E-state index contributed by atoms with van der Waals surface area (Å²) in [6, 6.07) is 7.61. The summed E-state index contributed by atoms with van der Waals surface area (Å²) in [5.74, 6) is 0.857. The van der Waals surface area contributed by atoms with Crippen LogP contribution in [-0.2, 0) is 9.47 Å². The zero-order chi connectivity index (χ0) is 20.9. The van der Waals surface area contributed by atoms with Crippen molar-refractivity contribution in [3.05, 3.63) is 35.4 Å². The molecule has 0 aromatic heterocycles. The molecule has 0 saturated carbocycles. The van der Waals surface area contributed by atoms with Gasteiger partial charge in [0.2, 0.25) is 0 Å². The maximum Gasteiger partial charge on any atom is 0.251 e. The van der Waals surface area contributed by atoms with Gasteiger partial charge in [0.25, 0.3) is 5.91 Å². The minimum absolute atomic E-state index is 0.0552. The van der Waals surface area contributed by atoms with Crippen LogP contribution < -0.4 is 10.6 Å². The number of benzene rings is 1. The summed E-state index contributed by atoms with van der Waals surface area (Å²) in [5.41, 5.74) is 1.77. The van der Waals surface area contributed by atoms with Crippen LogP contribution in [-0.4, -0.2) is 75.9 Å². The Morgan fingerprint density at radius 1 is 1.24 bits per heavy atom. The molecule has 0 radical (unpaired) electrons. The number of rotatable bonds is 10. The molecule has 0 aliphatic carbocycles. The van der Waals surface area contributed by atoms with Crippen LogP contribution in [0, 0.1) is 6.92 Å². The number of guanidine groups is 1. The number of carbonyl (C=O) groups excluding carboxylic acids is 1. The van der Waals surface area contributed by atoms with E-state index in [1.807, 2.05) is 31.2 Å². The number of methoxy groups -OCH3 is 1. The van der Waals surface area contributed by atoms with Crippen molar-refractivity contribution in [3.63, 3.8) is 0 Å². The molecular formula is C22H36N4O3. The van der Waals surface area contributed by atoms with Crippen LogP contribution in [0.25, 0.3) is 0 Å². The van der Waals surface area contributed by atoms with Crippen LogP contribution in [0.3, 0.4) is 0 Å². The highest BCUT2D eigenvalue weighted by Crippen LogP contribution is 2.14. The maximum atomic E-state index is 12.2. The van der Waals surface area contributed by atoms with Crippen LogP contribution >= 0.6 is 0 Å². The van der Waals surface area contributed by atoms with E-state index >= 15 is 0 Å². The van der Waals surface area contributed by atoms with E-state index in [4.69, 9.17) is 14.5 Å². The Hall–Kier alpha value is -2.12. The molecule has 2 N–H and O–H groups in total. The third-order valence-corrected chi connectivity index (χ3v) is 4.86. The summed E-state index contributed by atoms with van der Waals surface area (Å²) >= 11 is 0. The minimum Gasteiger partial charge on any atom is -0.385 e. The third-order valence-electron chi connectivity index (χ3n) is 4.86. The lowest BCUT2D eigenvalue weighted by Gasteiger charge is -2.34. The Morgan fingerprint density at radius 3 is 2.72 bits per heavy atom. The monoisotopic (exact) mass is 404 g/mol. The average molecular weight is 405 g/mol. The van der Waals surface area contributed by atoms with Crippen molar-refractivity contribution in [2.45, 2.75) is 39.2 Å². The van der Waals surface area contributed by atoms with Crippen molar-refractivity contribution in [2.75, 3.05) is 53.0 Å². The maximum absolute atomic E-state index is 12.2. The summed E-state index contributed by atoms with van der Waals surface area (Å²) in [6.45, 7) is 9.30. The van der Waals surface area contributed by atoms with Gasteiger partial charge >= 0.3 is 0 Å². The summed E-state index contributed by atoms with van der Waals surface area (Å²) in [5, 5.41) is 6.30. The first-order chi connectivity index (χ1) is 14.1. The lowest BCUT2D eigenvalue weighted by molar-refractivity contribution is 0.00990. The Balaban J connectivity index is 1.74. The Morgan fingerprint density at radius 2 is 2.03 bits per heavy atom. The number of nitrogens with one attached hydrogen (secondary N) is 2. The number of carbonyl (C=O) groups is 1. The first kappa shape index (κ1) is 23.2. The molecule has 1 amide bonds. The van der Waals surface area contributed by atoms with Gasteiger partial charge in [0.1, 0.15) is 0 Å². The molecule has 7 heteroatoms. The molecule has 1 aliphatic heterocycles. The predicted molar refractivity (Wildman–Crippen MR) is 117 cm³/mol. The molecule has 1 aromatic rings. The number of aryl methyl sites for hydroxylation is 1. The molecular weight excluding hydrogens is 368 g/mol. The molecule has 1 aromatic carbocycles. The van der Waals surface area contributed by atoms with E-state index in [-0.39, 0.29) is 5.91 Å². The molecule has 0 bridgehead atoms. The number of nitrogens with zero attached hydrogens (tertiary/aromatic N) is 2. The Bertz CT molecular complexity index is 643. The van der Waals surface area contributed by atoms with Crippen molar-refractivity contribution in [3.8, 4) is 0 Å². The summed E-state index contributed by atoms with van der Waals surface area (Å²) in [6.07, 6.45) is 3.26. The molecule has 7 nitrogen and oxygen atoms in total. The zero-order valence-electron chi connectivity index (χ0n) is 18.1. The van der Waals surface area contributed by atoms with E-state index < -0.39 is 0 Å². The SMILES string of the molecule is CCNC(=NCCNC(=O)c1cccc(C)c1)N1CCC(OCCCOC)CC1. The first-order valence-electron chi connectivity index (χ1n) is 10.6. The van der Waals surface area contributed by atoms with E-state index in [2.05, 4.69) is 22.5 Å². The quantitative estimate of drug-likeness (QED) is 0.355. The number of piperidine rings is 1. The molecule has 1 saturated heterocycles. The highest BCUT2D eigenvalue weighted by Gasteiger charge is 2.21. The van der Waals surface area contributed by atoms with Crippen LogP contribution in [0.2, 0.25) is 0 Å². The molecule has 162 valence electrons. The van der Waals surface area contributed by atoms with Gasteiger partial charge in [-0.2, -0.15) is 0 Å². The highest BCUT2D eigenvalue weighted by molar-refractivity contribution is 5.94. The Kier molecular flexibility index (Phi) is 10.5. The van der Waals surface area contributed by atoms with Gasteiger partial charge in [-0.05, 0) is 45.2 Å². The van der Waals surface area contributed by atoms with Crippen molar-refractivity contribution in [1.29, 1.82) is 0 Å². The summed E-state index contributed by atoms with van der Waals surface area (Å²) in [4.78, 5) is 19.2. The number of hydrogen-bond donors (Lipinski definition) is 2. The van der Waals surface area contributed by atoms with Gasteiger partial charge in [-0.1, -0.05) is 17.7 Å². The molecule has 0 spiro atoms. The number of amides is 1. The van der Waals surface area contributed by atoms with E-state index in [1.165, 1.54) is 0 Å². The fourth-order valence-corrected chi connectivity index (χ4v) is 3.33. The molecule has 2 rings (SSSR count). The van der Waals surface area contributed by atoms with Crippen LogP contribution in [0.1, 0.15) is 42.1 Å². The second-order valence-corrected chi connectivity index (χ2v) is 7.26. The van der Waals surface area contributed by atoms with Crippen LogP contribution in [0.5, 0.6) is 0 Å². The van der Waals surface area contributed by atoms with Gasteiger partial charge in [0.05, 0.1) is 12.6 Å². The van der Waals surface area contributed by atoms with Gasteiger partial charge in [-0.3, -0.25) is 9.79 Å². The molecule has 29 heavy (non-hydrogen) atoms. The average Bonchev–Trinajstić information content (AvgIpc) is 2.74. The lowest BCUT2D eigenvalue weighted by atomic mass is 10.1. The molecule has 1 aliphatic rings. The molecule has 1 heterocycles. The highest BCUT2D eigenvalue weighted by atomic mass is 16.5. The van der Waals surface area contributed by atoms with Gasteiger partial charge in [0.15, 0.2) is 5.96 Å². The van der Waals surface area contributed by atoms with Crippen molar-refractivity contribution >= 4 is 11.9 Å². The topological polar surface area (TPSA) is 75.2 Å². The standard InChI is InChI=1S/C22H36N4O3/c1-4-23-22(26-13-9-20(10-14-26)29-16-6-15-28-3)25-12-11-24-21(27)19-8-5-7-18(2)17-19/h5,7-8,17,20H,4,6,9-16H2,1-3H3,(H,23,25)(H,24,27). The van der Waals surface area contributed by atoms with E-state index in [0.29, 0.717) is 24.8 Å². The second kappa shape index (κ2) is 13.2. The second-order valence-electron chi connectivity index (χ2n) is 7.26. The summed E-state index contributed by atoms with van der Waals surface area (Å²) in [7, 11) is 1.72. The lowest BCUT2D eigenvalue weighted by Crippen LogP contribution is -2.47. The van der Waals surface area contributed by atoms with Crippen molar-refractivity contribution in [1.82, 2.24) is 15.5 Å². The number of ether oxygens (including phenoxy) is 2. The number of likely N-dealkylation sites (tertiary alicyclic amines) is 1. The normalized spacial score (nSPS) is 15.4. The Labute approximate surface area is 174 Å². The zero-order valence-corrected chi connectivity index (χ0v) is 18.1. The van der Waals surface area contributed by atoms with E-state index in [9.17, 15) is 4.79 Å². The molecule has 1 fully saturated rings. The first-order valence-corrected chi connectivity index (χ1v) is 10.6. The van der Waals surface area contributed by atoms with Crippen LogP contribution in [0.4, 0.5) is 0 Å². The third kappa shape index (κ3) is 8.41. The van der Waals surface area contributed by atoms with Crippen molar-refractivity contribution < 1.29 is 14.3 Å². The fourth-order valence-electron chi connectivity index (χ4n) is 3.33. The largest absolute Gasteiger partial charge is 0.385 e. The predicted octanol–water partition coefficient (Wildman–Crippen LogP) is 2.21. The van der Waals surface area contributed by atoms with Crippen molar-refractivity contribution in [2.24, 2.45) is 4.99 Å².